The second-order valence-corrected chi connectivity index (χ2v) is 7.20. The van der Waals surface area contributed by atoms with Crippen LogP contribution in [0.5, 0.6) is 0 Å². The van der Waals surface area contributed by atoms with Crippen LogP contribution in [0.1, 0.15) is 11.3 Å². The summed E-state index contributed by atoms with van der Waals surface area (Å²) in [5.74, 6) is 0.433. The van der Waals surface area contributed by atoms with Gasteiger partial charge in [-0.1, -0.05) is 41.6 Å². The molecule has 3 rings (SSSR count). The van der Waals surface area contributed by atoms with Crippen LogP contribution >= 0.6 is 35.1 Å². The molecule has 2 heterocycles. The van der Waals surface area contributed by atoms with Gasteiger partial charge in [-0.3, -0.25) is 14.9 Å². The van der Waals surface area contributed by atoms with Gasteiger partial charge in [0.05, 0.1) is 6.07 Å². The van der Waals surface area contributed by atoms with Gasteiger partial charge in [0.2, 0.25) is 5.12 Å². The molecule has 0 spiro atoms. The molecule has 0 atom stereocenters. The van der Waals surface area contributed by atoms with Crippen molar-refractivity contribution in [2.45, 2.75) is 5.75 Å². The summed E-state index contributed by atoms with van der Waals surface area (Å²) in [6.45, 7) is 0. The first kappa shape index (κ1) is 16.8. The lowest BCUT2D eigenvalue weighted by Crippen LogP contribution is -1.88. The molecular formula is C15H9ClN2O4S2. The van der Waals surface area contributed by atoms with Crippen LogP contribution in [0.4, 0.5) is 5.88 Å². The zero-order valence-electron chi connectivity index (χ0n) is 12.0. The molecule has 1 aromatic heterocycles. The van der Waals surface area contributed by atoms with E-state index in [1.165, 1.54) is 30.0 Å². The number of hydrogen-bond acceptors (Lipinski definition) is 7. The number of benzene rings is 1. The molecule has 0 saturated carbocycles. The molecule has 1 aliphatic heterocycles. The number of thioether (sulfide) groups is 2. The van der Waals surface area contributed by atoms with Crippen molar-refractivity contribution in [3.63, 3.8) is 0 Å². The van der Waals surface area contributed by atoms with Gasteiger partial charge < -0.3 is 4.42 Å². The summed E-state index contributed by atoms with van der Waals surface area (Å²) in [5.41, 5.74) is 1.16. The fourth-order valence-electron chi connectivity index (χ4n) is 1.86. The number of halogens is 1. The van der Waals surface area contributed by atoms with E-state index in [9.17, 15) is 14.9 Å². The molecular weight excluding hydrogens is 372 g/mol. The Morgan fingerprint density at radius 1 is 1.33 bits per heavy atom. The van der Waals surface area contributed by atoms with E-state index in [1.54, 1.807) is 6.07 Å². The van der Waals surface area contributed by atoms with Gasteiger partial charge in [-0.25, -0.2) is 4.99 Å². The van der Waals surface area contributed by atoms with Gasteiger partial charge >= 0.3 is 5.88 Å². The number of furan rings is 1. The van der Waals surface area contributed by atoms with Gasteiger partial charge in [0.15, 0.2) is 0 Å². The number of carbonyl (C=O) groups is 1. The van der Waals surface area contributed by atoms with Gasteiger partial charge in [0.25, 0.3) is 0 Å². The molecule has 0 N–H and O–H groups in total. The average molecular weight is 381 g/mol. The van der Waals surface area contributed by atoms with Gasteiger partial charge in [-0.15, -0.1) is 0 Å². The molecule has 0 saturated heterocycles. The van der Waals surface area contributed by atoms with E-state index in [4.69, 9.17) is 16.0 Å². The summed E-state index contributed by atoms with van der Waals surface area (Å²) in [5, 5.41) is 11.0. The summed E-state index contributed by atoms with van der Waals surface area (Å²) in [7, 11) is 0. The quantitative estimate of drug-likeness (QED) is 0.432. The second-order valence-electron chi connectivity index (χ2n) is 4.61. The molecule has 24 heavy (non-hydrogen) atoms. The Balaban J connectivity index is 1.71. The van der Waals surface area contributed by atoms with Crippen molar-refractivity contribution in [1.82, 2.24) is 0 Å². The number of hydrogen-bond donors (Lipinski definition) is 0. The van der Waals surface area contributed by atoms with Crippen molar-refractivity contribution < 1.29 is 14.1 Å². The zero-order chi connectivity index (χ0) is 17.1. The van der Waals surface area contributed by atoms with E-state index < -0.39 is 4.92 Å². The van der Waals surface area contributed by atoms with Crippen LogP contribution in [0.15, 0.2) is 51.5 Å². The smallest absolute Gasteiger partial charge is 0.401 e. The fourth-order valence-corrected chi connectivity index (χ4v) is 3.99. The largest absolute Gasteiger partial charge is 0.433 e. The van der Waals surface area contributed by atoms with Crippen molar-refractivity contribution in [2.75, 3.05) is 0 Å². The number of nitro groups is 1. The van der Waals surface area contributed by atoms with Crippen LogP contribution in [0.25, 0.3) is 6.08 Å². The summed E-state index contributed by atoms with van der Waals surface area (Å²) in [4.78, 5) is 26.2. The molecule has 1 aliphatic rings. The lowest BCUT2D eigenvalue weighted by molar-refractivity contribution is -0.402. The first-order chi connectivity index (χ1) is 11.5. The third kappa shape index (κ3) is 3.89. The van der Waals surface area contributed by atoms with Crippen LogP contribution < -0.4 is 0 Å². The standard InChI is InChI=1S/C15H9ClN2O4S2/c16-11-4-2-1-3-9(11)8-23-15-17-12(14(19)24-15)7-10-5-6-13(22-10)18(20)21/h1-7H,8H2. The zero-order valence-corrected chi connectivity index (χ0v) is 14.4. The minimum atomic E-state index is -0.638. The first-order valence-electron chi connectivity index (χ1n) is 6.66. The van der Waals surface area contributed by atoms with E-state index in [0.717, 1.165) is 17.3 Å². The van der Waals surface area contributed by atoms with Crippen molar-refractivity contribution in [1.29, 1.82) is 0 Å². The van der Waals surface area contributed by atoms with Crippen LogP contribution in [-0.4, -0.2) is 14.4 Å². The Bertz CT molecular complexity index is 876. The minimum Gasteiger partial charge on any atom is -0.401 e. The highest BCUT2D eigenvalue weighted by Gasteiger charge is 2.23. The number of aliphatic imine (C=N–C) groups is 1. The third-order valence-electron chi connectivity index (χ3n) is 2.98. The lowest BCUT2D eigenvalue weighted by atomic mass is 10.2. The molecule has 2 aromatic rings. The summed E-state index contributed by atoms with van der Waals surface area (Å²) < 4.78 is 5.61. The predicted octanol–water partition coefficient (Wildman–Crippen LogP) is 4.74. The molecule has 122 valence electrons. The SMILES string of the molecule is O=C1SC(SCc2ccccc2Cl)=NC1=Cc1ccc([N+](=O)[O-])o1. The molecule has 1 aromatic carbocycles. The highest BCUT2D eigenvalue weighted by atomic mass is 35.5. The van der Waals surface area contributed by atoms with E-state index in [-0.39, 0.29) is 22.5 Å². The maximum atomic E-state index is 12.0. The lowest BCUT2D eigenvalue weighted by Gasteiger charge is -2.02. The van der Waals surface area contributed by atoms with Crippen LogP contribution in [-0.2, 0) is 10.5 Å². The fraction of sp³-hybridized carbons (Fsp3) is 0.0667. The van der Waals surface area contributed by atoms with Crippen molar-refractivity contribution in [3.05, 3.63) is 68.6 Å². The monoisotopic (exact) mass is 380 g/mol. The molecule has 0 unspecified atom stereocenters. The van der Waals surface area contributed by atoms with Gasteiger partial charge in [-0.05, 0) is 29.5 Å². The van der Waals surface area contributed by atoms with Crippen molar-refractivity contribution >= 4 is 56.6 Å². The topological polar surface area (TPSA) is 85.7 Å². The molecule has 0 radical (unpaired) electrons. The molecule has 0 fully saturated rings. The maximum Gasteiger partial charge on any atom is 0.433 e. The van der Waals surface area contributed by atoms with Crippen molar-refractivity contribution in [2.24, 2.45) is 4.99 Å². The van der Waals surface area contributed by atoms with Crippen LogP contribution in [0, 0.1) is 10.1 Å². The Kier molecular flexibility index (Phi) is 5.08. The van der Waals surface area contributed by atoms with Gasteiger partial charge in [-0.2, -0.15) is 0 Å². The summed E-state index contributed by atoms with van der Waals surface area (Å²) >= 11 is 8.52. The van der Waals surface area contributed by atoms with Gasteiger partial charge in [0, 0.05) is 16.9 Å². The van der Waals surface area contributed by atoms with Crippen LogP contribution in [0.3, 0.4) is 0 Å². The van der Waals surface area contributed by atoms with Crippen LogP contribution in [0.2, 0.25) is 5.02 Å². The number of nitrogens with zero attached hydrogens (tertiary/aromatic N) is 2. The normalized spacial score (nSPS) is 15.8. The third-order valence-corrected chi connectivity index (χ3v) is 5.41. The highest BCUT2D eigenvalue weighted by Crippen LogP contribution is 2.34. The Labute approximate surface area is 150 Å². The summed E-state index contributed by atoms with van der Waals surface area (Å²) in [6.07, 6.45) is 1.39. The predicted molar refractivity (Wildman–Crippen MR) is 96.1 cm³/mol. The average Bonchev–Trinajstić information content (AvgIpc) is 3.14. The van der Waals surface area contributed by atoms with E-state index >= 15 is 0 Å². The molecule has 9 heteroatoms. The number of carbonyl (C=O) groups excluding carboxylic acids is 1. The Hall–Kier alpha value is -2.03. The first-order valence-corrected chi connectivity index (χ1v) is 8.84. The second kappa shape index (κ2) is 7.25. The van der Waals surface area contributed by atoms with E-state index in [2.05, 4.69) is 4.99 Å². The van der Waals surface area contributed by atoms with Gasteiger partial charge in [0.1, 0.15) is 20.8 Å². The summed E-state index contributed by atoms with van der Waals surface area (Å²) in [6, 6.07) is 10.1. The molecule has 0 aliphatic carbocycles. The highest BCUT2D eigenvalue weighted by molar-refractivity contribution is 8.45. The molecule has 0 bridgehead atoms. The molecule has 6 nitrogen and oxygen atoms in total. The van der Waals surface area contributed by atoms with Crippen molar-refractivity contribution in [3.8, 4) is 0 Å². The Morgan fingerprint density at radius 2 is 2.12 bits per heavy atom. The minimum absolute atomic E-state index is 0.200. The maximum absolute atomic E-state index is 12.0. The Morgan fingerprint density at radius 3 is 2.83 bits per heavy atom. The molecule has 0 amide bonds. The van der Waals surface area contributed by atoms with E-state index in [0.29, 0.717) is 15.2 Å². The number of rotatable bonds is 4. The van der Waals surface area contributed by atoms with E-state index in [1.807, 2.05) is 18.2 Å².